The smallest absolute Gasteiger partial charge is 0.288 e. The minimum absolute atomic E-state index is 0.327. The molecule has 28 heavy (non-hydrogen) atoms. The third-order valence-corrected chi connectivity index (χ3v) is 4.82. The first-order valence-electron chi connectivity index (χ1n) is 8.57. The summed E-state index contributed by atoms with van der Waals surface area (Å²) in [4.78, 5) is 16.0. The van der Waals surface area contributed by atoms with Crippen LogP contribution in [0.2, 0.25) is 10.0 Å². The van der Waals surface area contributed by atoms with Crippen molar-refractivity contribution in [2.75, 3.05) is 0 Å². The molecule has 1 amide bonds. The molecule has 4 nitrogen and oxygen atoms in total. The summed E-state index contributed by atoms with van der Waals surface area (Å²) < 4.78 is 0. The number of nitrogens with one attached hydrogen (secondary N) is 2. The Bertz CT molecular complexity index is 1160. The minimum atomic E-state index is -0.327. The number of fused-ring (bicyclic) bond motifs is 1. The van der Waals surface area contributed by atoms with E-state index in [0.717, 1.165) is 27.6 Å². The van der Waals surface area contributed by atoms with E-state index >= 15 is 0 Å². The van der Waals surface area contributed by atoms with E-state index in [1.807, 2.05) is 48.5 Å². The first-order valence-corrected chi connectivity index (χ1v) is 9.33. The maximum atomic E-state index is 12.8. The van der Waals surface area contributed by atoms with Crippen LogP contribution in [0.1, 0.15) is 16.1 Å². The molecule has 0 aliphatic heterocycles. The van der Waals surface area contributed by atoms with Crippen molar-refractivity contribution in [2.24, 2.45) is 5.10 Å². The first-order chi connectivity index (χ1) is 13.6. The maximum absolute atomic E-state index is 12.8. The molecule has 0 spiro atoms. The molecule has 3 aromatic carbocycles. The van der Waals surface area contributed by atoms with E-state index in [-0.39, 0.29) is 5.91 Å². The summed E-state index contributed by atoms with van der Waals surface area (Å²) in [6.07, 6.45) is 1.57. The predicted octanol–water partition coefficient (Wildman–Crippen LogP) is 5.91. The summed E-state index contributed by atoms with van der Waals surface area (Å²) in [5.41, 5.74) is 6.44. The molecule has 0 saturated heterocycles. The number of halogens is 2. The van der Waals surface area contributed by atoms with Crippen molar-refractivity contribution >= 4 is 46.2 Å². The second-order valence-corrected chi connectivity index (χ2v) is 7.05. The summed E-state index contributed by atoms with van der Waals surface area (Å²) in [6, 6.07) is 22.3. The number of carbonyl (C=O) groups is 1. The van der Waals surface area contributed by atoms with Crippen LogP contribution < -0.4 is 5.43 Å². The molecular formula is C22H15Cl2N3O. The second kappa shape index (κ2) is 7.89. The summed E-state index contributed by atoms with van der Waals surface area (Å²) in [5.74, 6) is -0.327. The van der Waals surface area contributed by atoms with Gasteiger partial charge in [-0.2, -0.15) is 5.10 Å². The van der Waals surface area contributed by atoms with Gasteiger partial charge < -0.3 is 4.98 Å². The number of nitrogens with zero attached hydrogens (tertiary/aromatic N) is 1. The van der Waals surface area contributed by atoms with Crippen LogP contribution in [-0.4, -0.2) is 17.1 Å². The van der Waals surface area contributed by atoms with Crippen LogP contribution in [0.4, 0.5) is 0 Å². The number of aromatic amines is 1. The van der Waals surface area contributed by atoms with Crippen molar-refractivity contribution in [2.45, 2.75) is 0 Å². The standard InChI is InChI=1S/C22H15Cl2N3O/c23-16-9-5-14(6-10-16)13-25-27-22(28)21-20(15-7-11-17(24)12-8-15)18-3-1-2-4-19(18)26-21/h1-13,26H,(H,27,28). The Morgan fingerprint density at radius 2 is 1.54 bits per heavy atom. The number of hydrazone groups is 1. The molecule has 4 rings (SSSR count). The van der Waals surface area contributed by atoms with Crippen LogP contribution in [0.15, 0.2) is 77.9 Å². The normalized spacial score (nSPS) is 11.2. The summed E-state index contributed by atoms with van der Waals surface area (Å²) in [7, 11) is 0. The fourth-order valence-electron chi connectivity index (χ4n) is 3.00. The van der Waals surface area contributed by atoms with E-state index in [1.165, 1.54) is 0 Å². The predicted molar refractivity (Wildman–Crippen MR) is 115 cm³/mol. The number of H-pyrrole nitrogens is 1. The largest absolute Gasteiger partial charge is 0.350 e. The molecule has 0 aliphatic rings. The molecule has 0 atom stereocenters. The SMILES string of the molecule is O=C(NN=Cc1ccc(Cl)cc1)c1[nH]c2ccccc2c1-c1ccc(Cl)cc1. The Kier molecular flexibility index (Phi) is 5.15. The number of carbonyl (C=O) groups excluding carboxylic acids is 1. The molecule has 0 radical (unpaired) electrons. The lowest BCUT2D eigenvalue weighted by atomic mass is 10.0. The van der Waals surface area contributed by atoms with Crippen molar-refractivity contribution in [3.8, 4) is 11.1 Å². The lowest BCUT2D eigenvalue weighted by molar-refractivity contribution is 0.0951. The Balaban J connectivity index is 1.67. The van der Waals surface area contributed by atoms with E-state index in [2.05, 4.69) is 15.5 Å². The molecule has 0 fully saturated rings. The zero-order valence-corrected chi connectivity index (χ0v) is 16.1. The number of hydrogen-bond donors (Lipinski definition) is 2. The Labute approximate surface area is 171 Å². The van der Waals surface area contributed by atoms with E-state index in [1.54, 1.807) is 30.5 Å². The molecule has 4 aromatic rings. The van der Waals surface area contributed by atoms with Crippen LogP contribution in [0.3, 0.4) is 0 Å². The highest BCUT2D eigenvalue weighted by Crippen LogP contribution is 2.33. The van der Waals surface area contributed by atoms with Crippen LogP contribution in [0.5, 0.6) is 0 Å². The van der Waals surface area contributed by atoms with E-state index in [4.69, 9.17) is 23.2 Å². The molecule has 0 unspecified atom stereocenters. The number of benzene rings is 3. The Morgan fingerprint density at radius 3 is 2.25 bits per heavy atom. The van der Waals surface area contributed by atoms with E-state index in [0.29, 0.717) is 15.7 Å². The summed E-state index contributed by atoms with van der Waals surface area (Å²) in [6.45, 7) is 0. The molecule has 6 heteroatoms. The monoisotopic (exact) mass is 407 g/mol. The van der Waals surface area contributed by atoms with Crippen LogP contribution >= 0.6 is 23.2 Å². The van der Waals surface area contributed by atoms with Gasteiger partial charge in [0.1, 0.15) is 5.69 Å². The lowest BCUT2D eigenvalue weighted by Crippen LogP contribution is -2.18. The molecular weight excluding hydrogens is 393 g/mol. The van der Waals surface area contributed by atoms with Crippen LogP contribution in [0, 0.1) is 0 Å². The summed E-state index contributed by atoms with van der Waals surface area (Å²) in [5, 5.41) is 6.30. The average molecular weight is 408 g/mol. The van der Waals surface area contributed by atoms with Gasteiger partial charge in [0.2, 0.25) is 0 Å². The molecule has 1 heterocycles. The van der Waals surface area contributed by atoms with Crippen molar-refractivity contribution in [3.63, 3.8) is 0 Å². The third-order valence-electron chi connectivity index (χ3n) is 4.32. The second-order valence-electron chi connectivity index (χ2n) is 6.18. The molecule has 0 bridgehead atoms. The Hall–Kier alpha value is -3.08. The van der Waals surface area contributed by atoms with Gasteiger partial charge in [0.15, 0.2) is 0 Å². The molecule has 1 aromatic heterocycles. The fourth-order valence-corrected chi connectivity index (χ4v) is 3.25. The van der Waals surface area contributed by atoms with Gasteiger partial charge in [-0.15, -0.1) is 0 Å². The van der Waals surface area contributed by atoms with Gasteiger partial charge >= 0.3 is 0 Å². The van der Waals surface area contributed by atoms with Crippen molar-refractivity contribution < 1.29 is 4.79 Å². The van der Waals surface area contributed by atoms with E-state index in [9.17, 15) is 4.79 Å². The molecule has 138 valence electrons. The van der Waals surface area contributed by atoms with Gasteiger partial charge in [-0.3, -0.25) is 4.79 Å². The van der Waals surface area contributed by atoms with Gasteiger partial charge in [-0.05, 0) is 41.5 Å². The van der Waals surface area contributed by atoms with Crippen molar-refractivity contribution in [3.05, 3.63) is 94.1 Å². The number of hydrogen-bond acceptors (Lipinski definition) is 2. The van der Waals surface area contributed by atoms with Gasteiger partial charge in [-0.25, -0.2) is 5.43 Å². The van der Waals surface area contributed by atoms with Gasteiger partial charge in [0.05, 0.1) is 6.21 Å². The zero-order chi connectivity index (χ0) is 19.5. The average Bonchev–Trinajstić information content (AvgIpc) is 3.10. The maximum Gasteiger partial charge on any atom is 0.288 e. The molecule has 0 aliphatic carbocycles. The van der Waals surface area contributed by atoms with Crippen LogP contribution in [0.25, 0.3) is 22.0 Å². The lowest BCUT2D eigenvalue weighted by Gasteiger charge is -2.05. The van der Waals surface area contributed by atoms with Gasteiger partial charge in [-0.1, -0.05) is 65.7 Å². The van der Waals surface area contributed by atoms with E-state index < -0.39 is 0 Å². The van der Waals surface area contributed by atoms with Gasteiger partial charge in [0, 0.05) is 26.5 Å². The van der Waals surface area contributed by atoms with Gasteiger partial charge in [0.25, 0.3) is 5.91 Å². The van der Waals surface area contributed by atoms with Crippen LogP contribution in [-0.2, 0) is 0 Å². The number of rotatable bonds is 4. The minimum Gasteiger partial charge on any atom is -0.350 e. The number of para-hydroxylation sites is 1. The third kappa shape index (κ3) is 3.79. The zero-order valence-electron chi connectivity index (χ0n) is 14.6. The number of amides is 1. The summed E-state index contributed by atoms with van der Waals surface area (Å²) >= 11 is 11.9. The highest BCUT2D eigenvalue weighted by Gasteiger charge is 2.18. The first kappa shape index (κ1) is 18.3. The highest BCUT2D eigenvalue weighted by atomic mass is 35.5. The van der Waals surface area contributed by atoms with Crippen molar-refractivity contribution in [1.29, 1.82) is 0 Å². The number of aromatic nitrogens is 1. The highest BCUT2D eigenvalue weighted by molar-refractivity contribution is 6.31. The fraction of sp³-hybridized carbons (Fsp3) is 0. The van der Waals surface area contributed by atoms with Crippen molar-refractivity contribution in [1.82, 2.24) is 10.4 Å². The topological polar surface area (TPSA) is 57.2 Å². The molecule has 0 saturated carbocycles. The molecule has 2 N–H and O–H groups in total. The quantitative estimate of drug-likeness (QED) is 0.320. The Morgan fingerprint density at radius 1 is 0.893 bits per heavy atom.